The maximum atomic E-state index is 12.1. The van der Waals surface area contributed by atoms with E-state index in [1.807, 2.05) is 43.5 Å². The maximum absolute atomic E-state index is 12.1. The zero-order valence-electron chi connectivity index (χ0n) is 12.5. The quantitative estimate of drug-likeness (QED) is 0.757. The number of hydrogen-bond donors (Lipinski definition) is 2. The van der Waals surface area contributed by atoms with Gasteiger partial charge in [-0.15, -0.1) is 0 Å². The molecule has 0 aliphatic rings. The van der Waals surface area contributed by atoms with E-state index in [0.717, 1.165) is 17.5 Å². The average molecular weight is 293 g/mol. The Morgan fingerprint density at radius 2 is 2.14 bits per heavy atom. The number of para-hydroxylation sites is 1. The molecule has 22 heavy (non-hydrogen) atoms. The molecule has 3 aromatic rings. The van der Waals surface area contributed by atoms with Crippen LogP contribution in [0.25, 0.3) is 10.9 Å². The Labute approximate surface area is 129 Å². The van der Waals surface area contributed by atoms with Gasteiger partial charge in [0.2, 0.25) is 5.91 Å². The third kappa shape index (κ3) is 3.17. The van der Waals surface area contributed by atoms with Crippen LogP contribution in [0.1, 0.15) is 30.5 Å². The van der Waals surface area contributed by atoms with E-state index in [-0.39, 0.29) is 11.9 Å². The van der Waals surface area contributed by atoms with Gasteiger partial charge in [-0.1, -0.05) is 24.3 Å². The van der Waals surface area contributed by atoms with E-state index in [1.165, 1.54) is 10.9 Å². The SMILES string of the molecule is CC(NC(=O)CCc1c[nH]c2ccccc12)c1cccnc1. The van der Waals surface area contributed by atoms with Gasteiger partial charge in [-0.3, -0.25) is 9.78 Å². The summed E-state index contributed by atoms with van der Waals surface area (Å²) in [5.41, 5.74) is 3.31. The van der Waals surface area contributed by atoms with E-state index in [2.05, 4.69) is 21.4 Å². The lowest BCUT2D eigenvalue weighted by Gasteiger charge is -2.13. The fourth-order valence-corrected chi connectivity index (χ4v) is 2.62. The summed E-state index contributed by atoms with van der Waals surface area (Å²) in [4.78, 5) is 19.4. The number of benzene rings is 1. The van der Waals surface area contributed by atoms with Crippen molar-refractivity contribution in [1.29, 1.82) is 0 Å². The Morgan fingerprint density at radius 1 is 1.27 bits per heavy atom. The Balaban J connectivity index is 1.58. The summed E-state index contributed by atoms with van der Waals surface area (Å²) in [6.45, 7) is 1.97. The lowest BCUT2D eigenvalue weighted by Crippen LogP contribution is -2.26. The fraction of sp³-hybridized carbons (Fsp3) is 0.222. The first kappa shape index (κ1) is 14.3. The smallest absolute Gasteiger partial charge is 0.220 e. The van der Waals surface area contributed by atoms with Crippen molar-refractivity contribution in [2.24, 2.45) is 0 Å². The van der Waals surface area contributed by atoms with Crippen LogP contribution >= 0.6 is 0 Å². The number of carbonyl (C=O) groups is 1. The van der Waals surface area contributed by atoms with Crippen LogP contribution in [-0.4, -0.2) is 15.9 Å². The van der Waals surface area contributed by atoms with Crippen LogP contribution in [0.5, 0.6) is 0 Å². The number of rotatable bonds is 5. The monoisotopic (exact) mass is 293 g/mol. The van der Waals surface area contributed by atoms with Crippen LogP contribution in [0, 0.1) is 0 Å². The number of amides is 1. The molecule has 112 valence electrons. The minimum absolute atomic E-state index is 0.0239. The van der Waals surface area contributed by atoms with Crippen molar-refractivity contribution in [1.82, 2.24) is 15.3 Å². The first-order chi connectivity index (χ1) is 10.7. The predicted molar refractivity (Wildman–Crippen MR) is 87.4 cm³/mol. The molecule has 2 N–H and O–H groups in total. The van der Waals surface area contributed by atoms with Crippen molar-refractivity contribution in [3.8, 4) is 0 Å². The van der Waals surface area contributed by atoms with Crippen molar-refractivity contribution < 1.29 is 4.79 Å². The minimum Gasteiger partial charge on any atom is -0.361 e. The molecule has 4 heteroatoms. The molecule has 0 aliphatic heterocycles. The Morgan fingerprint density at radius 3 is 2.95 bits per heavy atom. The Bertz CT molecular complexity index is 764. The molecule has 2 heterocycles. The summed E-state index contributed by atoms with van der Waals surface area (Å²) in [5, 5.41) is 4.21. The summed E-state index contributed by atoms with van der Waals surface area (Å²) in [5.74, 6) is 0.0571. The second-order valence-electron chi connectivity index (χ2n) is 5.44. The molecular formula is C18H19N3O. The van der Waals surface area contributed by atoms with Crippen LogP contribution < -0.4 is 5.32 Å². The zero-order valence-corrected chi connectivity index (χ0v) is 12.5. The first-order valence-corrected chi connectivity index (χ1v) is 7.48. The highest BCUT2D eigenvalue weighted by atomic mass is 16.1. The molecule has 0 saturated heterocycles. The molecule has 1 atom stereocenters. The maximum Gasteiger partial charge on any atom is 0.220 e. The Kier molecular flexibility index (Phi) is 4.19. The molecule has 1 unspecified atom stereocenters. The standard InChI is InChI=1S/C18H19N3O/c1-13(14-5-4-10-19-11-14)21-18(22)9-8-15-12-20-17-7-3-2-6-16(15)17/h2-7,10-13,20H,8-9H2,1H3,(H,21,22). The summed E-state index contributed by atoms with van der Waals surface area (Å²) < 4.78 is 0. The van der Waals surface area contributed by atoms with Crippen molar-refractivity contribution in [2.75, 3.05) is 0 Å². The van der Waals surface area contributed by atoms with Gasteiger partial charge in [0.15, 0.2) is 0 Å². The normalized spacial score (nSPS) is 12.2. The molecule has 0 fully saturated rings. The third-order valence-corrected chi connectivity index (χ3v) is 3.86. The van der Waals surface area contributed by atoms with E-state index in [9.17, 15) is 4.79 Å². The summed E-state index contributed by atoms with van der Waals surface area (Å²) in [6.07, 6.45) is 6.71. The highest BCUT2D eigenvalue weighted by Gasteiger charge is 2.11. The molecule has 0 aliphatic carbocycles. The lowest BCUT2D eigenvalue weighted by molar-refractivity contribution is -0.121. The van der Waals surface area contributed by atoms with Crippen molar-refractivity contribution in [3.63, 3.8) is 0 Å². The van der Waals surface area contributed by atoms with Crippen LogP contribution in [0.15, 0.2) is 55.0 Å². The van der Waals surface area contributed by atoms with E-state index >= 15 is 0 Å². The molecule has 3 rings (SSSR count). The van der Waals surface area contributed by atoms with E-state index in [0.29, 0.717) is 6.42 Å². The van der Waals surface area contributed by atoms with E-state index < -0.39 is 0 Å². The zero-order chi connectivity index (χ0) is 15.4. The number of hydrogen-bond acceptors (Lipinski definition) is 2. The van der Waals surface area contributed by atoms with Gasteiger partial charge >= 0.3 is 0 Å². The highest BCUT2D eigenvalue weighted by molar-refractivity contribution is 5.84. The van der Waals surface area contributed by atoms with E-state index in [4.69, 9.17) is 0 Å². The van der Waals surface area contributed by atoms with Gasteiger partial charge in [-0.05, 0) is 36.6 Å². The molecule has 0 radical (unpaired) electrons. The van der Waals surface area contributed by atoms with Gasteiger partial charge in [0.25, 0.3) is 0 Å². The molecule has 1 aromatic carbocycles. The van der Waals surface area contributed by atoms with Gasteiger partial charge in [-0.2, -0.15) is 0 Å². The third-order valence-electron chi connectivity index (χ3n) is 3.86. The van der Waals surface area contributed by atoms with Crippen LogP contribution in [0.2, 0.25) is 0 Å². The second kappa shape index (κ2) is 6.43. The largest absolute Gasteiger partial charge is 0.361 e. The Hall–Kier alpha value is -2.62. The van der Waals surface area contributed by atoms with Gasteiger partial charge < -0.3 is 10.3 Å². The molecule has 0 saturated carbocycles. The number of carbonyl (C=O) groups excluding carboxylic acids is 1. The highest BCUT2D eigenvalue weighted by Crippen LogP contribution is 2.19. The van der Waals surface area contributed by atoms with E-state index in [1.54, 1.807) is 12.4 Å². The summed E-state index contributed by atoms with van der Waals surface area (Å²) >= 11 is 0. The minimum atomic E-state index is -0.0239. The van der Waals surface area contributed by atoms with Crippen LogP contribution in [0.3, 0.4) is 0 Å². The molecule has 1 amide bonds. The molecule has 4 nitrogen and oxygen atoms in total. The first-order valence-electron chi connectivity index (χ1n) is 7.48. The fourth-order valence-electron chi connectivity index (χ4n) is 2.62. The molecule has 2 aromatic heterocycles. The summed E-state index contributed by atoms with van der Waals surface area (Å²) in [6, 6.07) is 12.0. The van der Waals surface area contributed by atoms with Gasteiger partial charge in [0.05, 0.1) is 6.04 Å². The predicted octanol–water partition coefficient (Wildman–Crippen LogP) is 3.37. The van der Waals surface area contributed by atoms with Crippen molar-refractivity contribution in [2.45, 2.75) is 25.8 Å². The summed E-state index contributed by atoms with van der Waals surface area (Å²) in [7, 11) is 0. The molecule has 0 bridgehead atoms. The van der Waals surface area contributed by atoms with Crippen molar-refractivity contribution >= 4 is 16.8 Å². The number of aromatic nitrogens is 2. The van der Waals surface area contributed by atoms with Crippen LogP contribution in [0.4, 0.5) is 0 Å². The van der Waals surface area contributed by atoms with Crippen molar-refractivity contribution in [3.05, 3.63) is 66.1 Å². The number of H-pyrrole nitrogens is 1. The number of fused-ring (bicyclic) bond motifs is 1. The van der Waals surface area contributed by atoms with Crippen LogP contribution in [-0.2, 0) is 11.2 Å². The number of aryl methyl sites for hydroxylation is 1. The topological polar surface area (TPSA) is 57.8 Å². The second-order valence-corrected chi connectivity index (χ2v) is 5.44. The number of pyridine rings is 1. The molecule has 0 spiro atoms. The van der Waals surface area contributed by atoms with Gasteiger partial charge in [0.1, 0.15) is 0 Å². The number of aromatic amines is 1. The lowest BCUT2D eigenvalue weighted by atomic mass is 10.1. The average Bonchev–Trinajstić information content (AvgIpc) is 2.97. The number of nitrogens with zero attached hydrogens (tertiary/aromatic N) is 1. The van der Waals surface area contributed by atoms with Gasteiger partial charge in [0, 0.05) is 35.9 Å². The molecular weight excluding hydrogens is 274 g/mol. The van der Waals surface area contributed by atoms with Gasteiger partial charge in [-0.25, -0.2) is 0 Å². The number of nitrogens with one attached hydrogen (secondary N) is 2.